The van der Waals surface area contributed by atoms with Gasteiger partial charge in [0, 0.05) is 24.0 Å². The summed E-state index contributed by atoms with van der Waals surface area (Å²) in [4.78, 5) is 14.0. The van der Waals surface area contributed by atoms with Gasteiger partial charge in [-0.3, -0.25) is 4.79 Å². The van der Waals surface area contributed by atoms with Crippen LogP contribution in [0.1, 0.15) is 29.3 Å². The number of rotatable bonds is 5. The van der Waals surface area contributed by atoms with E-state index in [1.165, 1.54) is 0 Å². The smallest absolute Gasteiger partial charge is 0.253 e. The molecule has 0 aliphatic heterocycles. The fourth-order valence-electron chi connectivity index (χ4n) is 1.66. The lowest BCUT2D eigenvalue weighted by molar-refractivity contribution is 0.0766. The lowest BCUT2D eigenvalue weighted by atomic mass is 10.1. The molecule has 0 fully saturated rings. The van der Waals surface area contributed by atoms with Crippen molar-refractivity contribution in [2.24, 2.45) is 0 Å². The minimum atomic E-state index is 0.0226. The van der Waals surface area contributed by atoms with Crippen LogP contribution in [0.25, 0.3) is 0 Å². The number of phenols is 1. The highest BCUT2D eigenvalue weighted by Crippen LogP contribution is 2.18. The number of nitrogens with zero attached hydrogens (tertiary/aromatic N) is 1. The van der Waals surface area contributed by atoms with E-state index in [0.29, 0.717) is 12.1 Å². The Morgan fingerprint density at radius 2 is 2.12 bits per heavy atom. The molecule has 0 radical (unpaired) electrons. The van der Waals surface area contributed by atoms with Crippen molar-refractivity contribution in [3.63, 3.8) is 0 Å². The number of amides is 1. The van der Waals surface area contributed by atoms with Gasteiger partial charge in [0.1, 0.15) is 5.75 Å². The molecule has 1 aromatic carbocycles. The predicted octanol–water partition coefficient (Wildman–Crippen LogP) is 2.95. The summed E-state index contributed by atoms with van der Waals surface area (Å²) in [5.74, 6) is 0.249. The maximum absolute atomic E-state index is 12.2. The first-order chi connectivity index (χ1) is 8.10. The van der Waals surface area contributed by atoms with E-state index < -0.39 is 0 Å². The molecule has 0 unspecified atom stereocenters. The lowest BCUT2D eigenvalue weighted by Crippen LogP contribution is -2.33. The molecule has 4 heteroatoms. The number of benzene rings is 1. The fraction of sp³-hybridized carbons (Fsp3) is 0.462. The van der Waals surface area contributed by atoms with Crippen molar-refractivity contribution in [1.29, 1.82) is 0 Å². The number of hydrogen-bond donors (Lipinski definition) is 1. The van der Waals surface area contributed by atoms with E-state index in [1.54, 1.807) is 25.1 Å². The summed E-state index contributed by atoms with van der Waals surface area (Å²) in [5, 5.41) is 10.2. The van der Waals surface area contributed by atoms with E-state index in [9.17, 15) is 9.90 Å². The van der Waals surface area contributed by atoms with Crippen LogP contribution in [0.2, 0.25) is 0 Å². The normalized spacial score (nSPS) is 10.3. The molecular weight excluding hydrogens is 282 g/mol. The first kappa shape index (κ1) is 14.0. The van der Waals surface area contributed by atoms with Crippen molar-refractivity contribution >= 4 is 21.8 Å². The summed E-state index contributed by atoms with van der Waals surface area (Å²) in [7, 11) is 0. The third-order valence-corrected chi connectivity index (χ3v) is 2.93. The number of carbonyl (C=O) groups is 1. The monoisotopic (exact) mass is 299 g/mol. The average molecular weight is 300 g/mol. The van der Waals surface area contributed by atoms with Crippen molar-refractivity contribution < 1.29 is 9.90 Å². The van der Waals surface area contributed by atoms with Crippen molar-refractivity contribution in [1.82, 2.24) is 4.90 Å². The van der Waals surface area contributed by atoms with Crippen LogP contribution in [0.4, 0.5) is 0 Å². The van der Waals surface area contributed by atoms with Crippen LogP contribution in [-0.2, 0) is 0 Å². The third kappa shape index (κ3) is 3.73. The number of phenolic OH excluding ortho intramolecular Hbond substituents is 1. The number of hydrogen-bond acceptors (Lipinski definition) is 2. The molecule has 0 aromatic heterocycles. The zero-order valence-corrected chi connectivity index (χ0v) is 11.8. The van der Waals surface area contributed by atoms with Crippen molar-refractivity contribution in [2.45, 2.75) is 20.3 Å². The molecule has 0 atom stereocenters. The Kier molecular flexibility index (Phi) is 5.48. The summed E-state index contributed by atoms with van der Waals surface area (Å²) in [6.45, 7) is 5.30. The predicted molar refractivity (Wildman–Crippen MR) is 72.8 cm³/mol. The SMILES string of the molecule is CCCN(CCBr)C(=O)c1ccc(O)c(C)c1. The molecule has 1 aromatic rings. The summed E-state index contributed by atoms with van der Waals surface area (Å²) >= 11 is 3.35. The first-order valence-electron chi connectivity index (χ1n) is 5.75. The van der Waals surface area contributed by atoms with Gasteiger partial charge in [-0.1, -0.05) is 22.9 Å². The fourth-order valence-corrected chi connectivity index (χ4v) is 2.09. The van der Waals surface area contributed by atoms with Gasteiger partial charge < -0.3 is 10.0 Å². The van der Waals surface area contributed by atoms with Gasteiger partial charge in [-0.25, -0.2) is 0 Å². The van der Waals surface area contributed by atoms with Crippen molar-refractivity contribution in [2.75, 3.05) is 18.4 Å². The third-order valence-electron chi connectivity index (χ3n) is 2.58. The molecule has 1 N–H and O–H groups in total. The number of alkyl halides is 1. The molecule has 94 valence electrons. The molecule has 0 bridgehead atoms. The molecule has 0 saturated carbocycles. The largest absolute Gasteiger partial charge is 0.508 e. The Hall–Kier alpha value is -1.03. The van der Waals surface area contributed by atoms with Gasteiger partial charge in [-0.2, -0.15) is 0 Å². The highest BCUT2D eigenvalue weighted by atomic mass is 79.9. The summed E-state index contributed by atoms with van der Waals surface area (Å²) in [5.41, 5.74) is 1.36. The quantitative estimate of drug-likeness (QED) is 0.849. The maximum atomic E-state index is 12.2. The van der Waals surface area contributed by atoms with Crippen LogP contribution < -0.4 is 0 Å². The number of aryl methyl sites for hydroxylation is 1. The topological polar surface area (TPSA) is 40.5 Å². The second kappa shape index (κ2) is 6.64. The molecule has 0 heterocycles. The minimum Gasteiger partial charge on any atom is -0.508 e. The van der Waals surface area contributed by atoms with Crippen molar-refractivity contribution in [3.8, 4) is 5.75 Å². The van der Waals surface area contributed by atoms with Gasteiger partial charge in [0.25, 0.3) is 5.91 Å². The zero-order valence-electron chi connectivity index (χ0n) is 10.2. The van der Waals surface area contributed by atoms with Crippen LogP contribution >= 0.6 is 15.9 Å². The average Bonchev–Trinajstić information content (AvgIpc) is 2.31. The molecule has 0 saturated heterocycles. The van der Waals surface area contributed by atoms with Crippen molar-refractivity contribution in [3.05, 3.63) is 29.3 Å². The molecule has 0 spiro atoms. The van der Waals surface area contributed by atoms with Gasteiger partial charge in [0.05, 0.1) is 0 Å². The second-order valence-corrected chi connectivity index (χ2v) is 4.78. The summed E-state index contributed by atoms with van der Waals surface area (Å²) < 4.78 is 0. The van der Waals surface area contributed by atoms with Gasteiger partial charge >= 0.3 is 0 Å². The van der Waals surface area contributed by atoms with Gasteiger partial charge in [0.2, 0.25) is 0 Å². The lowest BCUT2D eigenvalue weighted by Gasteiger charge is -2.21. The number of halogens is 1. The second-order valence-electron chi connectivity index (χ2n) is 3.98. The molecule has 17 heavy (non-hydrogen) atoms. The van der Waals surface area contributed by atoms with Gasteiger partial charge in [-0.15, -0.1) is 0 Å². The Morgan fingerprint density at radius 3 is 2.65 bits per heavy atom. The number of aromatic hydroxyl groups is 1. The Balaban J connectivity index is 2.88. The van der Waals surface area contributed by atoms with E-state index in [0.717, 1.165) is 23.9 Å². The van der Waals surface area contributed by atoms with E-state index >= 15 is 0 Å². The van der Waals surface area contributed by atoms with E-state index in [1.807, 2.05) is 4.90 Å². The highest BCUT2D eigenvalue weighted by Gasteiger charge is 2.14. The van der Waals surface area contributed by atoms with E-state index in [4.69, 9.17) is 0 Å². The highest BCUT2D eigenvalue weighted by molar-refractivity contribution is 9.09. The van der Waals surface area contributed by atoms with Crippen LogP contribution in [0.5, 0.6) is 5.75 Å². The zero-order chi connectivity index (χ0) is 12.8. The first-order valence-corrected chi connectivity index (χ1v) is 6.87. The van der Waals surface area contributed by atoms with Crippen LogP contribution in [0.3, 0.4) is 0 Å². The Morgan fingerprint density at radius 1 is 1.41 bits per heavy atom. The minimum absolute atomic E-state index is 0.0226. The van der Waals surface area contributed by atoms with Crippen LogP contribution in [-0.4, -0.2) is 34.3 Å². The molecule has 1 rings (SSSR count). The van der Waals surface area contributed by atoms with Gasteiger partial charge in [-0.05, 0) is 37.1 Å². The summed E-state index contributed by atoms with van der Waals surface area (Å²) in [6.07, 6.45) is 0.940. The van der Waals surface area contributed by atoms with E-state index in [-0.39, 0.29) is 11.7 Å². The van der Waals surface area contributed by atoms with E-state index in [2.05, 4.69) is 22.9 Å². The van der Waals surface area contributed by atoms with Crippen LogP contribution in [0.15, 0.2) is 18.2 Å². The molecule has 0 aliphatic carbocycles. The molecule has 0 aliphatic rings. The Labute approximate surface area is 111 Å². The number of carbonyl (C=O) groups excluding carboxylic acids is 1. The molecular formula is C13H18BrNO2. The molecule has 3 nitrogen and oxygen atoms in total. The molecule has 1 amide bonds. The standard InChI is InChI=1S/C13H18BrNO2/c1-3-7-15(8-6-14)13(17)11-4-5-12(16)10(2)9-11/h4-5,9,16H,3,6-8H2,1-2H3. The summed E-state index contributed by atoms with van der Waals surface area (Å²) in [6, 6.07) is 4.97. The van der Waals surface area contributed by atoms with Crippen LogP contribution in [0, 0.1) is 6.92 Å². The van der Waals surface area contributed by atoms with Gasteiger partial charge in [0.15, 0.2) is 0 Å². The Bertz CT molecular complexity index is 387. The maximum Gasteiger partial charge on any atom is 0.253 e.